The molecule has 0 unspecified atom stereocenters. The van der Waals surface area contributed by atoms with Crippen molar-refractivity contribution in [3.05, 3.63) is 46.2 Å². The molecule has 2 heterocycles. The van der Waals surface area contributed by atoms with E-state index in [1.807, 2.05) is 17.5 Å². The molecule has 3 rings (SSSR count). The van der Waals surface area contributed by atoms with E-state index in [4.69, 9.17) is 11.6 Å². The molecule has 0 aliphatic carbocycles. The molecule has 23 heavy (non-hydrogen) atoms. The van der Waals surface area contributed by atoms with Gasteiger partial charge in [0.1, 0.15) is 0 Å². The Morgan fingerprint density at radius 1 is 1.30 bits per heavy atom. The zero-order chi connectivity index (χ0) is 16.4. The summed E-state index contributed by atoms with van der Waals surface area (Å²) in [6.45, 7) is 0. The Labute approximate surface area is 142 Å². The molecule has 2 aromatic rings. The number of carbonyl (C=O) groups is 1. The Morgan fingerprint density at radius 2 is 2.04 bits per heavy atom. The van der Waals surface area contributed by atoms with Crippen molar-refractivity contribution >= 4 is 43.9 Å². The van der Waals surface area contributed by atoms with Crippen LogP contribution in [0.15, 0.2) is 41.1 Å². The molecule has 2 amide bonds. The van der Waals surface area contributed by atoms with E-state index in [2.05, 4.69) is 15.6 Å². The summed E-state index contributed by atoms with van der Waals surface area (Å²) in [7, 11) is -3.20. The minimum atomic E-state index is -3.20. The van der Waals surface area contributed by atoms with Gasteiger partial charge >= 0.3 is 6.03 Å². The summed E-state index contributed by atoms with van der Waals surface area (Å²) >= 11 is 7.13. The van der Waals surface area contributed by atoms with E-state index in [0.29, 0.717) is 10.2 Å². The number of rotatable bonds is 3. The quantitative estimate of drug-likeness (QED) is 0.870. The number of anilines is 1. The van der Waals surface area contributed by atoms with Gasteiger partial charge in [-0.3, -0.25) is 5.32 Å². The molecule has 0 radical (unpaired) electrons. The lowest BCUT2D eigenvalue weighted by molar-refractivity contribution is 0.251. The number of nitrogens with zero attached hydrogens (tertiary/aromatic N) is 1. The van der Waals surface area contributed by atoms with Gasteiger partial charge in [0.25, 0.3) is 0 Å². The molecule has 1 aliphatic heterocycles. The highest BCUT2D eigenvalue weighted by atomic mass is 35.5. The van der Waals surface area contributed by atoms with E-state index in [-0.39, 0.29) is 5.75 Å². The molecule has 1 aromatic heterocycles. The van der Waals surface area contributed by atoms with Crippen LogP contribution in [-0.2, 0) is 9.84 Å². The van der Waals surface area contributed by atoms with Crippen LogP contribution < -0.4 is 10.6 Å². The van der Waals surface area contributed by atoms with Crippen LogP contribution in [0, 0.1) is 0 Å². The third kappa shape index (κ3) is 4.10. The number of benzene rings is 1. The second-order valence-corrected chi connectivity index (χ2v) is 8.13. The van der Waals surface area contributed by atoms with Crippen molar-refractivity contribution in [2.75, 3.05) is 11.1 Å². The molecule has 120 valence electrons. The van der Waals surface area contributed by atoms with Gasteiger partial charge in [-0.1, -0.05) is 23.7 Å². The van der Waals surface area contributed by atoms with Crippen LogP contribution in [0.5, 0.6) is 0 Å². The molecule has 1 aromatic carbocycles. The van der Waals surface area contributed by atoms with E-state index in [0.717, 1.165) is 16.7 Å². The molecule has 9 heteroatoms. The van der Waals surface area contributed by atoms with Crippen molar-refractivity contribution < 1.29 is 13.2 Å². The Bertz CT molecular complexity index is 860. The first kappa shape index (κ1) is 16.0. The first-order chi connectivity index (χ1) is 10.9. The zero-order valence-corrected chi connectivity index (χ0v) is 14.1. The number of nitrogens with one attached hydrogen (secondary N) is 2. The maximum Gasteiger partial charge on any atom is 0.321 e. The topological polar surface area (TPSA) is 88.2 Å². The molecular formula is C14H12ClN3O3S2. The molecule has 0 spiro atoms. The van der Waals surface area contributed by atoms with Gasteiger partial charge in [-0.2, -0.15) is 0 Å². The van der Waals surface area contributed by atoms with Gasteiger partial charge in [0.2, 0.25) is 0 Å². The number of halogens is 1. The predicted octanol–water partition coefficient (Wildman–Crippen LogP) is 2.90. The Kier molecular flexibility index (Phi) is 4.38. The third-order valence-electron chi connectivity index (χ3n) is 3.11. The SMILES string of the molecule is O=C(Nc1nc(-c2ccc(Cl)cc2)cs1)N[C@H]1C=CS(=O)(=O)C1. The lowest BCUT2D eigenvalue weighted by Crippen LogP contribution is -2.38. The average molecular weight is 370 g/mol. The highest BCUT2D eigenvalue weighted by Gasteiger charge is 2.23. The van der Waals surface area contributed by atoms with Crippen molar-refractivity contribution in [3.63, 3.8) is 0 Å². The largest absolute Gasteiger partial charge is 0.331 e. The second-order valence-electron chi connectivity index (χ2n) is 4.91. The monoisotopic (exact) mass is 369 g/mol. The van der Waals surface area contributed by atoms with Gasteiger partial charge in [0.05, 0.1) is 17.5 Å². The molecule has 1 aliphatic rings. The van der Waals surface area contributed by atoms with Crippen molar-refractivity contribution in [2.45, 2.75) is 6.04 Å². The van der Waals surface area contributed by atoms with Crippen LogP contribution >= 0.6 is 22.9 Å². The predicted molar refractivity (Wildman–Crippen MR) is 91.4 cm³/mol. The summed E-state index contributed by atoms with van der Waals surface area (Å²) in [6.07, 6.45) is 1.45. The maximum absolute atomic E-state index is 11.9. The first-order valence-corrected chi connectivity index (χ1v) is 9.58. The summed E-state index contributed by atoms with van der Waals surface area (Å²) in [5.74, 6) is -0.117. The van der Waals surface area contributed by atoms with Crippen LogP contribution in [0.2, 0.25) is 5.02 Å². The van der Waals surface area contributed by atoms with Crippen LogP contribution in [0.4, 0.5) is 9.93 Å². The summed E-state index contributed by atoms with van der Waals surface area (Å²) in [6, 6.07) is 6.21. The van der Waals surface area contributed by atoms with Crippen LogP contribution in [0.25, 0.3) is 11.3 Å². The van der Waals surface area contributed by atoms with Crippen LogP contribution in [0.1, 0.15) is 0 Å². The van der Waals surface area contributed by atoms with Crippen molar-refractivity contribution in [1.29, 1.82) is 0 Å². The van der Waals surface area contributed by atoms with E-state index >= 15 is 0 Å². The number of carbonyl (C=O) groups excluding carboxylic acids is 1. The smallest absolute Gasteiger partial charge is 0.321 e. The highest BCUT2D eigenvalue weighted by molar-refractivity contribution is 7.94. The number of hydrogen-bond acceptors (Lipinski definition) is 5. The first-order valence-electron chi connectivity index (χ1n) is 6.61. The van der Waals surface area contributed by atoms with Gasteiger partial charge in [0.15, 0.2) is 15.0 Å². The van der Waals surface area contributed by atoms with Crippen molar-refractivity contribution in [2.24, 2.45) is 0 Å². The van der Waals surface area contributed by atoms with E-state index in [9.17, 15) is 13.2 Å². The van der Waals surface area contributed by atoms with E-state index in [1.54, 1.807) is 12.1 Å². The third-order valence-corrected chi connectivity index (χ3v) is 5.52. The summed E-state index contributed by atoms with van der Waals surface area (Å²) in [4.78, 5) is 16.2. The Hall–Kier alpha value is -1.90. The lowest BCUT2D eigenvalue weighted by Gasteiger charge is -2.09. The molecule has 0 saturated heterocycles. The van der Waals surface area contributed by atoms with Crippen LogP contribution in [0.3, 0.4) is 0 Å². The standard InChI is InChI=1S/C14H12ClN3O3S2/c15-10-3-1-9(2-4-10)12-7-22-14(17-12)18-13(19)16-11-5-6-23(20,21)8-11/h1-7,11H,8H2,(H2,16,17,18,19)/t11-/m0/s1. The number of urea groups is 1. The molecule has 2 N–H and O–H groups in total. The fraction of sp³-hybridized carbons (Fsp3) is 0.143. The Morgan fingerprint density at radius 3 is 2.70 bits per heavy atom. The average Bonchev–Trinajstić information content (AvgIpc) is 3.06. The number of aromatic nitrogens is 1. The van der Waals surface area contributed by atoms with Crippen LogP contribution in [-0.4, -0.2) is 31.2 Å². The maximum atomic E-state index is 11.9. The summed E-state index contributed by atoms with van der Waals surface area (Å²) < 4.78 is 22.6. The molecule has 0 fully saturated rings. The van der Waals surface area contributed by atoms with Gasteiger partial charge < -0.3 is 5.32 Å². The second kappa shape index (κ2) is 6.31. The highest BCUT2D eigenvalue weighted by Crippen LogP contribution is 2.25. The van der Waals surface area contributed by atoms with Crippen molar-refractivity contribution in [1.82, 2.24) is 10.3 Å². The van der Waals surface area contributed by atoms with Gasteiger partial charge in [-0.15, -0.1) is 11.3 Å². The van der Waals surface area contributed by atoms with Gasteiger partial charge in [-0.05, 0) is 18.2 Å². The number of amides is 2. The zero-order valence-electron chi connectivity index (χ0n) is 11.7. The fourth-order valence-corrected chi connectivity index (χ4v) is 4.13. The lowest BCUT2D eigenvalue weighted by atomic mass is 10.2. The number of sulfone groups is 1. The van der Waals surface area contributed by atoms with E-state index in [1.165, 1.54) is 17.4 Å². The van der Waals surface area contributed by atoms with E-state index < -0.39 is 21.9 Å². The fourth-order valence-electron chi connectivity index (χ4n) is 2.05. The summed E-state index contributed by atoms with van der Waals surface area (Å²) in [5.41, 5.74) is 1.62. The molecule has 0 bridgehead atoms. The van der Waals surface area contributed by atoms with Gasteiger partial charge in [-0.25, -0.2) is 18.2 Å². The molecule has 1 atom stereocenters. The van der Waals surface area contributed by atoms with Gasteiger partial charge in [0, 0.05) is 21.4 Å². The summed E-state index contributed by atoms with van der Waals surface area (Å²) in [5, 5.41) is 9.17. The number of thiazole rings is 1. The number of hydrogen-bond donors (Lipinski definition) is 2. The minimum Gasteiger partial charge on any atom is -0.331 e. The molecule has 0 saturated carbocycles. The normalized spacial score (nSPS) is 18.7. The molecular weight excluding hydrogens is 358 g/mol. The molecule has 6 nitrogen and oxygen atoms in total. The Balaban J connectivity index is 1.62. The van der Waals surface area contributed by atoms with Crippen molar-refractivity contribution in [3.8, 4) is 11.3 Å². The minimum absolute atomic E-state index is 0.117.